The largest absolute Gasteiger partial charge is 0.409 e. The van der Waals surface area contributed by atoms with E-state index in [-0.39, 0.29) is 5.84 Å². The Hall–Kier alpha value is -1.14. The molecule has 1 aromatic heterocycles. The van der Waals surface area contributed by atoms with Crippen LogP contribution in [0.3, 0.4) is 0 Å². The van der Waals surface area contributed by atoms with Crippen LogP contribution in [0.25, 0.3) is 0 Å². The summed E-state index contributed by atoms with van der Waals surface area (Å²) < 4.78 is 0. The zero-order valence-corrected chi connectivity index (χ0v) is 10.7. The fraction of sp³-hybridized carbons (Fsp3) is 0.600. The van der Waals surface area contributed by atoms with E-state index in [9.17, 15) is 0 Å². The molecule has 0 fully saturated rings. The molecule has 0 spiro atoms. The molecular formula is C10H18N4OS. The van der Waals surface area contributed by atoms with E-state index >= 15 is 0 Å². The normalized spacial score (nSPS) is 12.7. The van der Waals surface area contributed by atoms with Crippen molar-refractivity contribution in [3.8, 4) is 0 Å². The van der Waals surface area contributed by atoms with E-state index in [0.717, 1.165) is 17.2 Å². The standard InChI is InChI=1S/C10H18N4OS/c1-7(2)14(5-10(11)13-15)4-9-6-16-8(3)12-9/h6-7,15H,4-5H2,1-3H3,(H2,11,13). The van der Waals surface area contributed by atoms with Crippen LogP contribution in [-0.2, 0) is 6.54 Å². The maximum absolute atomic E-state index is 8.56. The number of thiazole rings is 1. The first-order valence-corrected chi connectivity index (χ1v) is 6.02. The highest BCUT2D eigenvalue weighted by atomic mass is 32.1. The van der Waals surface area contributed by atoms with Crippen LogP contribution in [0.4, 0.5) is 0 Å². The van der Waals surface area contributed by atoms with Gasteiger partial charge in [0, 0.05) is 18.0 Å². The number of hydrogen-bond donors (Lipinski definition) is 2. The van der Waals surface area contributed by atoms with Gasteiger partial charge in [-0.3, -0.25) is 4.90 Å². The Bertz CT molecular complexity index is 361. The highest BCUT2D eigenvalue weighted by Crippen LogP contribution is 2.12. The van der Waals surface area contributed by atoms with Gasteiger partial charge in [0.15, 0.2) is 5.84 Å². The minimum absolute atomic E-state index is 0.223. The maximum atomic E-state index is 8.56. The van der Waals surface area contributed by atoms with Gasteiger partial charge in [0.2, 0.25) is 0 Å². The quantitative estimate of drug-likeness (QED) is 0.354. The molecule has 90 valence electrons. The van der Waals surface area contributed by atoms with Crippen LogP contribution in [0, 0.1) is 6.92 Å². The van der Waals surface area contributed by atoms with E-state index in [2.05, 4.69) is 28.9 Å². The number of aryl methyl sites for hydroxylation is 1. The minimum Gasteiger partial charge on any atom is -0.409 e. The van der Waals surface area contributed by atoms with Crippen molar-refractivity contribution in [3.63, 3.8) is 0 Å². The Morgan fingerprint density at radius 2 is 2.38 bits per heavy atom. The van der Waals surface area contributed by atoms with E-state index in [4.69, 9.17) is 10.9 Å². The number of nitrogens with two attached hydrogens (primary N) is 1. The summed E-state index contributed by atoms with van der Waals surface area (Å²) in [6.45, 7) is 7.30. The lowest BCUT2D eigenvalue weighted by Crippen LogP contribution is -2.38. The zero-order valence-electron chi connectivity index (χ0n) is 9.84. The lowest BCUT2D eigenvalue weighted by Gasteiger charge is -2.24. The van der Waals surface area contributed by atoms with Crippen molar-refractivity contribution in [2.24, 2.45) is 10.9 Å². The van der Waals surface area contributed by atoms with Crippen molar-refractivity contribution in [3.05, 3.63) is 16.1 Å². The Labute approximate surface area is 99.6 Å². The number of nitrogens with zero attached hydrogens (tertiary/aromatic N) is 3. The molecule has 5 nitrogen and oxygen atoms in total. The molecule has 0 amide bonds. The molecule has 0 aliphatic rings. The lowest BCUT2D eigenvalue weighted by molar-refractivity contribution is 0.236. The molecule has 0 unspecified atom stereocenters. The van der Waals surface area contributed by atoms with Gasteiger partial charge in [-0.2, -0.15) is 0 Å². The van der Waals surface area contributed by atoms with Crippen LogP contribution in [0.15, 0.2) is 10.5 Å². The van der Waals surface area contributed by atoms with Crippen LogP contribution in [0.2, 0.25) is 0 Å². The van der Waals surface area contributed by atoms with Crippen LogP contribution in [0.5, 0.6) is 0 Å². The molecule has 0 bridgehead atoms. The predicted molar refractivity (Wildman–Crippen MR) is 65.8 cm³/mol. The van der Waals surface area contributed by atoms with Crippen LogP contribution in [0.1, 0.15) is 24.5 Å². The molecule has 0 aliphatic carbocycles. The third-order valence-corrected chi connectivity index (χ3v) is 3.08. The van der Waals surface area contributed by atoms with Crippen molar-refractivity contribution in [1.82, 2.24) is 9.88 Å². The number of rotatable bonds is 5. The highest BCUT2D eigenvalue weighted by molar-refractivity contribution is 7.09. The molecule has 1 rings (SSSR count). The van der Waals surface area contributed by atoms with Crippen molar-refractivity contribution >= 4 is 17.2 Å². The van der Waals surface area contributed by atoms with Gasteiger partial charge in [-0.05, 0) is 20.8 Å². The topological polar surface area (TPSA) is 74.7 Å². The molecule has 16 heavy (non-hydrogen) atoms. The number of amidine groups is 1. The summed E-state index contributed by atoms with van der Waals surface area (Å²) in [4.78, 5) is 6.50. The van der Waals surface area contributed by atoms with Gasteiger partial charge in [0.25, 0.3) is 0 Å². The summed E-state index contributed by atoms with van der Waals surface area (Å²) in [5.74, 6) is 0.223. The maximum Gasteiger partial charge on any atom is 0.153 e. The molecule has 0 aromatic carbocycles. The third-order valence-electron chi connectivity index (χ3n) is 2.26. The Balaban J connectivity index is 2.65. The molecule has 0 saturated carbocycles. The van der Waals surface area contributed by atoms with Gasteiger partial charge in [-0.15, -0.1) is 11.3 Å². The van der Waals surface area contributed by atoms with Crippen molar-refractivity contribution < 1.29 is 5.21 Å². The molecule has 3 N–H and O–H groups in total. The minimum atomic E-state index is 0.223. The van der Waals surface area contributed by atoms with Gasteiger partial charge < -0.3 is 10.9 Å². The van der Waals surface area contributed by atoms with Crippen LogP contribution >= 0.6 is 11.3 Å². The number of hydrogen-bond acceptors (Lipinski definition) is 5. The lowest BCUT2D eigenvalue weighted by atomic mass is 10.3. The van der Waals surface area contributed by atoms with Gasteiger partial charge in [0.05, 0.1) is 17.2 Å². The molecule has 0 aliphatic heterocycles. The molecule has 6 heteroatoms. The second-order valence-corrected chi connectivity index (χ2v) is 5.01. The van der Waals surface area contributed by atoms with E-state index in [1.807, 2.05) is 12.3 Å². The smallest absolute Gasteiger partial charge is 0.153 e. The number of aromatic nitrogens is 1. The predicted octanol–water partition coefficient (Wildman–Crippen LogP) is 1.41. The first kappa shape index (κ1) is 12.9. The molecule has 0 radical (unpaired) electrons. The van der Waals surface area contributed by atoms with Gasteiger partial charge in [-0.1, -0.05) is 5.16 Å². The van der Waals surface area contributed by atoms with Gasteiger partial charge in [-0.25, -0.2) is 4.98 Å². The fourth-order valence-electron chi connectivity index (χ4n) is 1.35. The summed E-state index contributed by atoms with van der Waals surface area (Å²) in [5, 5.41) is 14.6. The summed E-state index contributed by atoms with van der Waals surface area (Å²) >= 11 is 1.63. The molecule has 1 heterocycles. The monoisotopic (exact) mass is 242 g/mol. The van der Waals surface area contributed by atoms with Crippen LogP contribution in [-0.4, -0.2) is 33.5 Å². The Morgan fingerprint density at radius 3 is 2.81 bits per heavy atom. The summed E-state index contributed by atoms with van der Waals surface area (Å²) in [6, 6.07) is 0.322. The molecule has 0 atom stereocenters. The zero-order chi connectivity index (χ0) is 12.1. The second kappa shape index (κ2) is 5.81. The van der Waals surface area contributed by atoms with Crippen molar-refractivity contribution in [2.75, 3.05) is 6.54 Å². The summed E-state index contributed by atoms with van der Waals surface area (Å²) in [6.07, 6.45) is 0. The highest BCUT2D eigenvalue weighted by Gasteiger charge is 2.13. The van der Waals surface area contributed by atoms with Crippen molar-refractivity contribution in [1.29, 1.82) is 0 Å². The Kier molecular flexibility index (Phi) is 4.70. The Morgan fingerprint density at radius 1 is 1.69 bits per heavy atom. The second-order valence-electron chi connectivity index (χ2n) is 3.95. The first-order valence-electron chi connectivity index (χ1n) is 5.14. The fourth-order valence-corrected chi connectivity index (χ4v) is 1.95. The van der Waals surface area contributed by atoms with Gasteiger partial charge in [0.1, 0.15) is 0 Å². The van der Waals surface area contributed by atoms with Gasteiger partial charge >= 0.3 is 0 Å². The van der Waals surface area contributed by atoms with E-state index in [1.54, 1.807) is 11.3 Å². The molecule has 1 aromatic rings. The average molecular weight is 242 g/mol. The van der Waals surface area contributed by atoms with E-state index < -0.39 is 0 Å². The van der Waals surface area contributed by atoms with Crippen LogP contribution < -0.4 is 5.73 Å². The number of oxime groups is 1. The average Bonchev–Trinajstić information content (AvgIpc) is 2.62. The van der Waals surface area contributed by atoms with E-state index in [0.29, 0.717) is 12.6 Å². The summed E-state index contributed by atoms with van der Waals surface area (Å²) in [5.41, 5.74) is 6.54. The van der Waals surface area contributed by atoms with E-state index in [1.165, 1.54) is 0 Å². The third kappa shape index (κ3) is 3.79. The summed E-state index contributed by atoms with van der Waals surface area (Å²) in [7, 11) is 0. The first-order chi connectivity index (χ1) is 7.52. The molecular weight excluding hydrogens is 224 g/mol. The van der Waals surface area contributed by atoms with Crippen molar-refractivity contribution in [2.45, 2.75) is 33.4 Å². The SMILES string of the molecule is Cc1nc(CN(CC(N)=NO)C(C)C)cs1. The molecule has 0 saturated heterocycles.